The van der Waals surface area contributed by atoms with Crippen molar-refractivity contribution in [2.45, 2.75) is 26.7 Å². The van der Waals surface area contributed by atoms with Gasteiger partial charge in [-0.2, -0.15) is 0 Å². The van der Waals surface area contributed by atoms with Gasteiger partial charge >= 0.3 is 0 Å². The Balaban J connectivity index is 2.06. The van der Waals surface area contributed by atoms with Crippen LogP contribution in [-0.4, -0.2) is 39.2 Å². The summed E-state index contributed by atoms with van der Waals surface area (Å²) in [4.78, 5) is 24.9. The summed E-state index contributed by atoms with van der Waals surface area (Å²) in [5.74, 6) is 0.555. The number of nitrogens with one attached hydrogen (secondary N) is 2. The maximum absolute atomic E-state index is 12.5. The van der Waals surface area contributed by atoms with Crippen LogP contribution in [0, 0.1) is 0 Å². The van der Waals surface area contributed by atoms with E-state index in [1.54, 1.807) is 18.2 Å². The Morgan fingerprint density at radius 1 is 0.871 bits per heavy atom. The molecule has 0 saturated heterocycles. The lowest BCUT2D eigenvalue weighted by Gasteiger charge is -2.14. The Morgan fingerprint density at radius 2 is 1.52 bits per heavy atom. The first kappa shape index (κ1) is 24.1. The van der Waals surface area contributed by atoms with Gasteiger partial charge in [-0.15, -0.1) is 0 Å². The summed E-state index contributed by atoms with van der Waals surface area (Å²) in [7, 11) is 2.94. The monoisotopic (exact) mass is 450 g/mol. The molecule has 168 valence electrons. The third-order valence-electron chi connectivity index (χ3n) is 4.25. The van der Waals surface area contributed by atoms with Crippen molar-refractivity contribution in [2.75, 3.05) is 27.4 Å². The molecule has 0 unspecified atom stereocenters. The molecule has 0 aromatic heterocycles. The van der Waals surface area contributed by atoms with Crippen molar-refractivity contribution in [1.29, 1.82) is 0 Å². The number of halogens is 1. The fourth-order valence-corrected chi connectivity index (χ4v) is 2.91. The van der Waals surface area contributed by atoms with Crippen LogP contribution in [0.15, 0.2) is 30.3 Å². The summed E-state index contributed by atoms with van der Waals surface area (Å²) in [5, 5.41) is 0.223. The molecule has 0 bridgehead atoms. The second-order valence-electron chi connectivity index (χ2n) is 6.40. The highest BCUT2D eigenvalue weighted by Gasteiger charge is 2.17. The van der Waals surface area contributed by atoms with E-state index in [0.717, 1.165) is 12.8 Å². The highest BCUT2D eigenvalue weighted by molar-refractivity contribution is 6.32. The van der Waals surface area contributed by atoms with Gasteiger partial charge in [-0.1, -0.05) is 24.9 Å². The molecule has 2 N–H and O–H groups in total. The number of amides is 2. The number of hydrogen-bond donors (Lipinski definition) is 2. The maximum Gasteiger partial charge on any atom is 0.269 e. The Bertz CT molecular complexity index is 919. The topological polar surface area (TPSA) is 95.1 Å². The first-order valence-electron chi connectivity index (χ1n) is 9.86. The van der Waals surface area contributed by atoms with Crippen LogP contribution < -0.4 is 29.8 Å². The second-order valence-corrected chi connectivity index (χ2v) is 6.81. The van der Waals surface area contributed by atoms with E-state index in [1.165, 1.54) is 26.4 Å². The first-order valence-corrected chi connectivity index (χ1v) is 10.2. The lowest BCUT2D eigenvalue weighted by atomic mass is 10.2. The van der Waals surface area contributed by atoms with Crippen molar-refractivity contribution in [3.8, 4) is 23.0 Å². The van der Waals surface area contributed by atoms with Crippen LogP contribution in [-0.2, 0) is 0 Å². The molecule has 2 aromatic rings. The Kier molecular flexibility index (Phi) is 9.27. The van der Waals surface area contributed by atoms with Gasteiger partial charge in [0, 0.05) is 11.1 Å². The maximum atomic E-state index is 12.5. The zero-order valence-electron chi connectivity index (χ0n) is 18.0. The number of ether oxygens (including phenoxy) is 4. The van der Waals surface area contributed by atoms with E-state index in [9.17, 15) is 9.59 Å². The molecule has 0 aliphatic carbocycles. The fraction of sp³-hybridized carbons (Fsp3) is 0.364. The Morgan fingerprint density at radius 3 is 2.13 bits per heavy atom. The summed E-state index contributed by atoms with van der Waals surface area (Å²) in [6.45, 7) is 4.83. The molecular weight excluding hydrogens is 424 g/mol. The van der Waals surface area contributed by atoms with E-state index >= 15 is 0 Å². The van der Waals surface area contributed by atoms with Gasteiger partial charge in [0.05, 0.1) is 32.5 Å². The van der Waals surface area contributed by atoms with Crippen LogP contribution in [0.4, 0.5) is 0 Å². The van der Waals surface area contributed by atoms with Crippen molar-refractivity contribution in [2.24, 2.45) is 0 Å². The predicted molar refractivity (Wildman–Crippen MR) is 118 cm³/mol. The van der Waals surface area contributed by atoms with Gasteiger partial charge in [0.15, 0.2) is 23.0 Å². The Hall–Kier alpha value is -3.13. The normalized spacial score (nSPS) is 10.2. The minimum absolute atomic E-state index is 0.197. The van der Waals surface area contributed by atoms with Gasteiger partial charge in [-0.25, -0.2) is 0 Å². The molecule has 9 heteroatoms. The van der Waals surface area contributed by atoms with Gasteiger partial charge in [0.2, 0.25) is 0 Å². The van der Waals surface area contributed by atoms with Crippen molar-refractivity contribution in [3.05, 3.63) is 46.5 Å². The minimum Gasteiger partial charge on any atom is -0.493 e. The fourth-order valence-electron chi connectivity index (χ4n) is 2.65. The number of rotatable bonds is 10. The number of carbonyl (C=O) groups excluding carboxylic acids is 2. The largest absolute Gasteiger partial charge is 0.493 e. The molecule has 2 aromatic carbocycles. The third kappa shape index (κ3) is 6.42. The van der Waals surface area contributed by atoms with E-state index in [4.69, 9.17) is 30.5 Å². The van der Waals surface area contributed by atoms with E-state index < -0.39 is 11.8 Å². The van der Waals surface area contributed by atoms with Crippen LogP contribution in [0.1, 0.15) is 47.4 Å². The number of unbranched alkanes of at least 4 members (excludes halogenated alkanes) is 1. The molecule has 0 aliphatic rings. The predicted octanol–water partition coefficient (Wildman–Crippen LogP) is 4.01. The van der Waals surface area contributed by atoms with Gasteiger partial charge in [-0.3, -0.25) is 20.4 Å². The lowest BCUT2D eigenvalue weighted by Crippen LogP contribution is -2.41. The molecule has 0 radical (unpaired) electrons. The van der Waals surface area contributed by atoms with Crippen LogP contribution in [0.3, 0.4) is 0 Å². The number of hydrogen-bond acceptors (Lipinski definition) is 6. The Labute approximate surface area is 186 Å². The minimum atomic E-state index is -0.567. The van der Waals surface area contributed by atoms with Gasteiger partial charge < -0.3 is 18.9 Å². The van der Waals surface area contributed by atoms with Crippen molar-refractivity contribution in [1.82, 2.24) is 10.9 Å². The second kappa shape index (κ2) is 11.9. The lowest BCUT2D eigenvalue weighted by molar-refractivity contribution is 0.0846. The summed E-state index contributed by atoms with van der Waals surface area (Å²) in [6, 6.07) is 7.69. The van der Waals surface area contributed by atoms with Crippen molar-refractivity contribution < 1.29 is 28.5 Å². The zero-order valence-corrected chi connectivity index (χ0v) is 18.8. The standard InChI is InChI=1S/C22H27ClN2O6/c1-5-7-10-31-17-9-8-14(12-18(17)28-3)21(26)24-25-22(27)15-11-16(23)20(30-6-2)19(13-15)29-4/h8-9,11-13H,5-7,10H2,1-4H3,(H,24,26)(H,25,27). The highest BCUT2D eigenvalue weighted by Crippen LogP contribution is 2.36. The van der Waals surface area contributed by atoms with Crippen LogP contribution in [0.5, 0.6) is 23.0 Å². The van der Waals surface area contributed by atoms with E-state index in [2.05, 4.69) is 17.8 Å². The van der Waals surface area contributed by atoms with E-state index in [-0.39, 0.29) is 10.6 Å². The van der Waals surface area contributed by atoms with Gasteiger partial charge in [0.1, 0.15) is 0 Å². The molecule has 31 heavy (non-hydrogen) atoms. The molecule has 0 spiro atoms. The molecule has 0 fully saturated rings. The summed E-state index contributed by atoms with van der Waals surface area (Å²) < 4.78 is 21.6. The molecular formula is C22H27ClN2O6. The summed E-state index contributed by atoms with van der Waals surface area (Å²) in [5.41, 5.74) is 5.21. The van der Waals surface area contributed by atoms with Crippen molar-refractivity contribution in [3.63, 3.8) is 0 Å². The third-order valence-corrected chi connectivity index (χ3v) is 4.53. The molecule has 8 nitrogen and oxygen atoms in total. The van der Waals surface area contributed by atoms with Crippen LogP contribution >= 0.6 is 11.6 Å². The highest BCUT2D eigenvalue weighted by atomic mass is 35.5. The first-order chi connectivity index (χ1) is 14.9. The molecule has 0 atom stereocenters. The average molecular weight is 451 g/mol. The molecule has 0 saturated carbocycles. The van der Waals surface area contributed by atoms with Crippen molar-refractivity contribution >= 4 is 23.4 Å². The van der Waals surface area contributed by atoms with Gasteiger partial charge in [-0.05, 0) is 43.7 Å². The van der Waals surface area contributed by atoms with E-state index in [1.807, 2.05) is 6.92 Å². The summed E-state index contributed by atoms with van der Waals surface area (Å²) >= 11 is 6.19. The molecule has 0 heterocycles. The van der Waals surface area contributed by atoms with Crippen LogP contribution in [0.2, 0.25) is 5.02 Å². The smallest absolute Gasteiger partial charge is 0.269 e. The number of methoxy groups -OCH3 is 2. The molecule has 2 rings (SSSR count). The number of hydrazine groups is 1. The van der Waals surface area contributed by atoms with E-state index in [0.29, 0.717) is 41.8 Å². The zero-order chi connectivity index (χ0) is 22.8. The quantitative estimate of drug-likeness (QED) is 0.419. The summed E-state index contributed by atoms with van der Waals surface area (Å²) in [6.07, 6.45) is 1.92. The van der Waals surface area contributed by atoms with Crippen LogP contribution in [0.25, 0.3) is 0 Å². The number of carbonyl (C=O) groups is 2. The SMILES string of the molecule is CCCCOc1ccc(C(=O)NNC(=O)c2cc(Cl)c(OCC)c(OC)c2)cc1OC. The molecule has 0 aliphatic heterocycles. The number of benzene rings is 2. The van der Waals surface area contributed by atoms with Gasteiger partial charge in [0.25, 0.3) is 11.8 Å². The average Bonchev–Trinajstić information content (AvgIpc) is 2.78. The molecule has 2 amide bonds.